The molecule has 2 aromatic heterocycles. The smallest absolute Gasteiger partial charge is 0.347 e. The van der Waals surface area contributed by atoms with Gasteiger partial charge in [-0.2, -0.15) is 0 Å². The van der Waals surface area contributed by atoms with E-state index in [2.05, 4.69) is 15.3 Å². The molecule has 5 nitrogen and oxygen atoms in total. The molecule has 0 amide bonds. The van der Waals surface area contributed by atoms with Crippen LogP contribution in [0.5, 0.6) is 0 Å². The number of carboxylic acid groups (broad SMARTS) is 1. The van der Waals surface area contributed by atoms with Gasteiger partial charge in [0.2, 0.25) is 0 Å². The summed E-state index contributed by atoms with van der Waals surface area (Å²) in [6.45, 7) is 1.98. The van der Waals surface area contributed by atoms with E-state index in [1.807, 2.05) is 19.1 Å². The maximum Gasteiger partial charge on any atom is 0.347 e. The van der Waals surface area contributed by atoms with Crippen LogP contribution in [0, 0.1) is 0 Å². The molecule has 0 aliphatic carbocycles. The van der Waals surface area contributed by atoms with Gasteiger partial charge < -0.3 is 10.4 Å². The first-order chi connectivity index (χ1) is 8.16. The van der Waals surface area contributed by atoms with Crippen LogP contribution in [-0.2, 0) is 0 Å². The van der Waals surface area contributed by atoms with Crippen molar-refractivity contribution >= 4 is 22.4 Å². The number of thiazole rings is 1. The minimum absolute atomic E-state index is 0.0609. The highest BCUT2D eigenvalue weighted by Crippen LogP contribution is 2.23. The van der Waals surface area contributed by atoms with Crippen LogP contribution in [0.25, 0.3) is 0 Å². The summed E-state index contributed by atoms with van der Waals surface area (Å²) in [6.07, 6.45) is 4.80. The van der Waals surface area contributed by atoms with E-state index in [0.717, 1.165) is 16.9 Å². The maximum absolute atomic E-state index is 10.7. The molecule has 2 aromatic rings. The Bertz CT molecular complexity index is 512. The predicted molar refractivity (Wildman–Crippen MR) is 65.3 cm³/mol. The van der Waals surface area contributed by atoms with Crippen LogP contribution < -0.4 is 5.32 Å². The fourth-order valence-electron chi connectivity index (χ4n) is 1.36. The van der Waals surface area contributed by atoms with Crippen molar-refractivity contribution < 1.29 is 9.90 Å². The van der Waals surface area contributed by atoms with Gasteiger partial charge in [-0.05, 0) is 24.6 Å². The van der Waals surface area contributed by atoms with E-state index in [1.165, 1.54) is 6.20 Å². The number of carboxylic acids is 1. The van der Waals surface area contributed by atoms with Gasteiger partial charge >= 0.3 is 5.97 Å². The molecule has 1 unspecified atom stereocenters. The number of nitrogens with one attached hydrogen (secondary N) is 1. The van der Waals surface area contributed by atoms with Gasteiger partial charge in [0.25, 0.3) is 0 Å². The lowest BCUT2D eigenvalue weighted by atomic mass is 10.1. The number of aromatic carboxylic acids is 1. The van der Waals surface area contributed by atoms with E-state index in [1.54, 1.807) is 12.4 Å². The Kier molecular flexibility index (Phi) is 3.34. The molecule has 2 N–H and O–H groups in total. The maximum atomic E-state index is 10.7. The molecule has 0 aliphatic rings. The third kappa shape index (κ3) is 2.79. The van der Waals surface area contributed by atoms with Crippen molar-refractivity contribution in [3.8, 4) is 0 Å². The summed E-state index contributed by atoms with van der Waals surface area (Å²) in [5.41, 5.74) is 1.08. The third-order valence-electron chi connectivity index (χ3n) is 2.26. The molecule has 2 rings (SSSR count). The van der Waals surface area contributed by atoms with Crippen molar-refractivity contribution in [1.29, 1.82) is 0 Å². The van der Waals surface area contributed by atoms with E-state index in [4.69, 9.17) is 5.11 Å². The average molecular weight is 249 g/mol. The van der Waals surface area contributed by atoms with Crippen LogP contribution in [0.15, 0.2) is 30.7 Å². The Morgan fingerprint density at radius 2 is 2.18 bits per heavy atom. The van der Waals surface area contributed by atoms with Crippen molar-refractivity contribution in [1.82, 2.24) is 9.97 Å². The summed E-state index contributed by atoms with van der Waals surface area (Å²) in [4.78, 5) is 18.9. The van der Waals surface area contributed by atoms with Crippen molar-refractivity contribution in [3.05, 3.63) is 41.2 Å². The lowest BCUT2D eigenvalue weighted by molar-refractivity contribution is 0.0702. The second-order valence-electron chi connectivity index (χ2n) is 3.48. The molecule has 0 aromatic carbocycles. The molecule has 6 heteroatoms. The molecule has 17 heavy (non-hydrogen) atoms. The normalized spacial score (nSPS) is 12.1. The minimum atomic E-state index is -0.952. The standard InChI is InChI=1S/C11H11N3O2S/c1-7(8-2-4-12-5-3-8)14-11-13-6-9(17-11)10(15)16/h2-7H,1H3,(H,13,14)(H,15,16). The van der Waals surface area contributed by atoms with E-state index in [-0.39, 0.29) is 10.9 Å². The fourth-order valence-corrected chi connectivity index (χ4v) is 2.10. The molecule has 0 spiro atoms. The molecule has 0 bridgehead atoms. The number of pyridine rings is 1. The number of hydrogen-bond donors (Lipinski definition) is 2. The zero-order valence-corrected chi connectivity index (χ0v) is 9.94. The Morgan fingerprint density at radius 3 is 2.76 bits per heavy atom. The zero-order valence-electron chi connectivity index (χ0n) is 9.12. The van der Waals surface area contributed by atoms with Crippen LogP contribution >= 0.6 is 11.3 Å². The van der Waals surface area contributed by atoms with Gasteiger partial charge in [-0.3, -0.25) is 4.98 Å². The number of rotatable bonds is 4. The van der Waals surface area contributed by atoms with Gasteiger partial charge in [0.15, 0.2) is 5.13 Å². The Morgan fingerprint density at radius 1 is 1.47 bits per heavy atom. The van der Waals surface area contributed by atoms with E-state index < -0.39 is 5.97 Å². The molecule has 2 heterocycles. The highest BCUT2D eigenvalue weighted by molar-refractivity contribution is 7.17. The molecule has 0 fully saturated rings. The molecule has 0 saturated carbocycles. The Labute approximate surface area is 102 Å². The first-order valence-corrected chi connectivity index (χ1v) is 5.84. The summed E-state index contributed by atoms with van der Waals surface area (Å²) < 4.78 is 0. The van der Waals surface area contributed by atoms with E-state index >= 15 is 0 Å². The van der Waals surface area contributed by atoms with Gasteiger partial charge in [0.1, 0.15) is 4.88 Å². The monoisotopic (exact) mass is 249 g/mol. The minimum Gasteiger partial charge on any atom is -0.477 e. The van der Waals surface area contributed by atoms with Gasteiger partial charge in [0, 0.05) is 12.4 Å². The van der Waals surface area contributed by atoms with Gasteiger partial charge in [-0.1, -0.05) is 11.3 Å². The predicted octanol–water partition coefficient (Wildman–Crippen LogP) is 2.41. The number of anilines is 1. The van der Waals surface area contributed by atoms with Gasteiger partial charge in [0.05, 0.1) is 12.2 Å². The second kappa shape index (κ2) is 4.92. The van der Waals surface area contributed by atoms with Gasteiger partial charge in [-0.25, -0.2) is 9.78 Å². The number of hydrogen-bond acceptors (Lipinski definition) is 5. The fraction of sp³-hybridized carbons (Fsp3) is 0.182. The quantitative estimate of drug-likeness (QED) is 0.870. The van der Waals surface area contributed by atoms with Crippen molar-refractivity contribution in [2.24, 2.45) is 0 Å². The number of aromatic nitrogens is 2. The zero-order chi connectivity index (χ0) is 12.3. The lowest BCUT2D eigenvalue weighted by Gasteiger charge is -2.12. The molecule has 0 radical (unpaired) electrons. The second-order valence-corrected chi connectivity index (χ2v) is 4.51. The topological polar surface area (TPSA) is 75.1 Å². The van der Waals surface area contributed by atoms with E-state index in [9.17, 15) is 4.79 Å². The summed E-state index contributed by atoms with van der Waals surface area (Å²) in [6, 6.07) is 3.87. The highest BCUT2D eigenvalue weighted by atomic mass is 32.1. The van der Waals surface area contributed by atoms with Crippen molar-refractivity contribution in [2.75, 3.05) is 5.32 Å². The van der Waals surface area contributed by atoms with Crippen molar-refractivity contribution in [2.45, 2.75) is 13.0 Å². The summed E-state index contributed by atoms with van der Waals surface area (Å²) >= 11 is 1.13. The number of nitrogens with zero attached hydrogens (tertiary/aromatic N) is 2. The summed E-state index contributed by atoms with van der Waals surface area (Å²) in [5, 5.41) is 12.5. The molecular formula is C11H11N3O2S. The lowest BCUT2D eigenvalue weighted by Crippen LogP contribution is -2.05. The Hall–Kier alpha value is -1.95. The molecule has 1 atom stereocenters. The number of carbonyl (C=O) groups is 1. The summed E-state index contributed by atoms with van der Waals surface area (Å²) in [7, 11) is 0. The highest BCUT2D eigenvalue weighted by Gasteiger charge is 2.11. The van der Waals surface area contributed by atoms with Crippen LogP contribution in [-0.4, -0.2) is 21.0 Å². The van der Waals surface area contributed by atoms with Crippen molar-refractivity contribution in [3.63, 3.8) is 0 Å². The first kappa shape index (κ1) is 11.5. The molecule has 88 valence electrons. The SMILES string of the molecule is CC(Nc1ncc(C(=O)O)s1)c1ccncc1. The summed E-state index contributed by atoms with van der Waals surface area (Å²) in [5.74, 6) is -0.952. The molecule has 0 aliphatic heterocycles. The molecular weight excluding hydrogens is 238 g/mol. The van der Waals surface area contributed by atoms with Gasteiger partial charge in [-0.15, -0.1) is 0 Å². The molecule has 0 saturated heterocycles. The van der Waals surface area contributed by atoms with Crippen LogP contribution in [0.3, 0.4) is 0 Å². The average Bonchev–Trinajstić information content (AvgIpc) is 2.79. The largest absolute Gasteiger partial charge is 0.477 e. The Balaban J connectivity index is 2.08. The van der Waals surface area contributed by atoms with Crippen LogP contribution in [0.2, 0.25) is 0 Å². The van der Waals surface area contributed by atoms with Crippen LogP contribution in [0.4, 0.5) is 5.13 Å². The van der Waals surface area contributed by atoms with Crippen LogP contribution in [0.1, 0.15) is 28.2 Å². The third-order valence-corrected chi connectivity index (χ3v) is 3.18. The first-order valence-electron chi connectivity index (χ1n) is 5.02. The van der Waals surface area contributed by atoms with E-state index in [0.29, 0.717) is 5.13 Å².